The molecule has 2 amide bonds. The number of amides is 2. The molecule has 14 heteroatoms. The Morgan fingerprint density at radius 1 is 0.565 bits per heavy atom. The van der Waals surface area contributed by atoms with Gasteiger partial charge in [-0.1, -0.05) is 25.3 Å². The highest BCUT2D eigenvalue weighted by Crippen LogP contribution is 2.38. The van der Waals surface area contributed by atoms with Crippen LogP contribution in [0, 0.1) is 13.8 Å². The van der Waals surface area contributed by atoms with E-state index in [9.17, 15) is 14.4 Å². The highest BCUT2D eigenvalue weighted by molar-refractivity contribution is 5.97. The summed E-state index contributed by atoms with van der Waals surface area (Å²) in [6.45, 7) is 31.9. The Morgan fingerprint density at radius 3 is 1.52 bits per heavy atom. The Labute approximate surface area is 408 Å². The SMILES string of the molecule is C=Cc1c(C)c2cc3[nH]c(cc4nc(cc5nc(cc1[nH]2)C(C)=C5CCC(=O)OC(C)(C)C)C(CCC(=O)NCCCCOCCOCCOCCCCNC(=O)OC(C)(C)C)=C4C)c(C)c3C=C. The van der Waals surface area contributed by atoms with E-state index < -0.39 is 17.3 Å². The van der Waals surface area contributed by atoms with Gasteiger partial charge in [0.2, 0.25) is 5.91 Å². The van der Waals surface area contributed by atoms with Crippen LogP contribution in [0.2, 0.25) is 0 Å². The number of ether oxygens (including phenoxy) is 5. The quantitative estimate of drug-likeness (QED) is 0.0499. The number of nitrogens with one attached hydrogen (secondary N) is 4. The monoisotopic (exact) mass is 949 g/mol. The van der Waals surface area contributed by atoms with Crippen LogP contribution in [0.25, 0.3) is 56.5 Å². The summed E-state index contributed by atoms with van der Waals surface area (Å²) < 4.78 is 27.9. The molecule has 4 N–H and O–H groups in total. The normalized spacial score (nSPS) is 12.9. The summed E-state index contributed by atoms with van der Waals surface area (Å²) in [5.74, 6) is -0.309. The lowest BCUT2D eigenvalue weighted by molar-refractivity contribution is -0.154. The smallest absolute Gasteiger partial charge is 0.407 e. The molecule has 0 aromatic carbocycles. The van der Waals surface area contributed by atoms with Crippen molar-refractivity contribution in [2.75, 3.05) is 52.7 Å². The van der Waals surface area contributed by atoms with Crippen molar-refractivity contribution in [1.29, 1.82) is 0 Å². The summed E-state index contributed by atoms with van der Waals surface area (Å²) in [5.41, 5.74) is 13.5. The number of hydrogen-bond acceptors (Lipinski definition) is 10. The Bertz CT molecular complexity index is 2570. The van der Waals surface area contributed by atoms with Gasteiger partial charge in [0, 0.05) is 72.3 Å². The van der Waals surface area contributed by atoms with Crippen molar-refractivity contribution in [2.45, 2.75) is 132 Å². The predicted molar refractivity (Wildman–Crippen MR) is 278 cm³/mol. The molecule has 0 atom stereocenters. The lowest BCUT2D eigenvalue weighted by Gasteiger charge is -2.19. The van der Waals surface area contributed by atoms with Gasteiger partial charge in [-0.15, -0.1) is 0 Å². The lowest BCUT2D eigenvalue weighted by atomic mass is 9.98. The van der Waals surface area contributed by atoms with Crippen LogP contribution >= 0.6 is 0 Å². The molecule has 3 aromatic heterocycles. The largest absolute Gasteiger partial charge is 0.460 e. The van der Waals surface area contributed by atoms with E-state index in [1.807, 2.05) is 72.8 Å². The van der Waals surface area contributed by atoms with Gasteiger partial charge in [0.1, 0.15) is 11.2 Å². The minimum Gasteiger partial charge on any atom is -0.460 e. The van der Waals surface area contributed by atoms with Gasteiger partial charge in [-0.05, 0) is 165 Å². The Morgan fingerprint density at radius 2 is 1.01 bits per heavy atom. The van der Waals surface area contributed by atoms with Crippen LogP contribution in [0.4, 0.5) is 4.79 Å². The number of carbonyl (C=O) groups is 3. The number of nitrogens with zero attached hydrogens (tertiary/aromatic N) is 2. The molecule has 8 bridgehead atoms. The number of H-pyrrole nitrogens is 2. The van der Waals surface area contributed by atoms with Crippen LogP contribution in [0.3, 0.4) is 0 Å². The summed E-state index contributed by atoms with van der Waals surface area (Å²) in [7, 11) is 0. The van der Waals surface area contributed by atoms with Crippen molar-refractivity contribution in [2.24, 2.45) is 0 Å². The molecule has 0 radical (unpaired) electrons. The minimum atomic E-state index is -0.596. The van der Waals surface area contributed by atoms with E-state index in [4.69, 9.17) is 33.7 Å². The number of alkyl carbamates (subject to hydrolysis) is 1. The van der Waals surface area contributed by atoms with Crippen LogP contribution in [0.5, 0.6) is 0 Å². The molecule has 374 valence electrons. The standard InChI is InChI=1S/C55H76N6O8/c1-13-39-35(3)43-31-44-37(5)41(19-21-51(62)56-23-15-17-25-65-27-29-67-30-28-66-26-18-16-24-57-53(64)69-55(10,11)12)49(60-44)34-50-42(20-22-52(63)68-54(7,8)9)38(6)46(61-50)33-48-40(14-2)36(4)45(59-48)32-47(39)58-43/h13-14,31-34,58-59H,1-2,15-30H2,3-12H3,(H,56,62)(H,57,64). The third-order valence-corrected chi connectivity index (χ3v) is 11.8. The van der Waals surface area contributed by atoms with Crippen LogP contribution in [-0.2, 0) is 33.3 Å². The first-order valence-corrected chi connectivity index (χ1v) is 24.4. The Kier molecular flexibility index (Phi) is 19.7. The molecular weight excluding hydrogens is 873 g/mol. The van der Waals surface area contributed by atoms with E-state index in [1.165, 1.54) is 0 Å². The van der Waals surface area contributed by atoms with Gasteiger partial charge in [0.15, 0.2) is 0 Å². The fraction of sp³-hybridized carbons (Fsp3) is 0.509. The number of carbonyl (C=O) groups excluding carboxylic acids is 3. The Balaban J connectivity index is 1.20. The molecule has 14 nitrogen and oxygen atoms in total. The number of hydrogen-bond donors (Lipinski definition) is 4. The van der Waals surface area contributed by atoms with E-state index in [1.54, 1.807) is 0 Å². The van der Waals surface area contributed by atoms with E-state index in [0.717, 1.165) is 115 Å². The van der Waals surface area contributed by atoms with Crippen molar-refractivity contribution in [3.05, 3.63) is 82.5 Å². The molecule has 5 rings (SSSR count). The van der Waals surface area contributed by atoms with Crippen LogP contribution in [0.15, 0.2) is 37.4 Å². The molecule has 2 aliphatic heterocycles. The molecule has 0 saturated heterocycles. The molecular formula is C55H76N6O8. The van der Waals surface area contributed by atoms with E-state index in [2.05, 4.69) is 66.7 Å². The van der Waals surface area contributed by atoms with Crippen LogP contribution in [-0.4, -0.2) is 102 Å². The van der Waals surface area contributed by atoms with Crippen molar-refractivity contribution in [3.8, 4) is 0 Å². The number of aromatic amines is 2. The van der Waals surface area contributed by atoms with Crippen LogP contribution in [0.1, 0.15) is 152 Å². The van der Waals surface area contributed by atoms with Crippen LogP contribution < -0.4 is 10.6 Å². The number of fused-ring (bicyclic) bond motifs is 8. The number of aryl methyl sites for hydroxylation is 2. The van der Waals surface area contributed by atoms with Gasteiger partial charge in [-0.25, -0.2) is 14.8 Å². The molecule has 0 unspecified atom stereocenters. The van der Waals surface area contributed by atoms with Crippen molar-refractivity contribution in [3.63, 3.8) is 0 Å². The van der Waals surface area contributed by atoms with Gasteiger partial charge in [-0.3, -0.25) is 9.59 Å². The first kappa shape index (κ1) is 54.1. The zero-order chi connectivity index (χ0) is 50.3. The van der Waals surface area contributed by atoms with E-state index >= 15 is 0 Å². The average Bonchev–Trinajstić information content (AvgIpc) is 3.93. The van der Waals surface area contributed by atoms with Crippen molar-refractivity contribution >= 4 is 74.5 Å². The first-order valence-electron chi connectivity index (χ1n) is 24.4. The van der Waals surface area contributed by atoms with Gasteiger partial charge in [0.25, 0.3) is 0 Å². The van der Waals surface area contributed by atoms with Gasteiger partial charge < -0.3 is 44.3 Å². The number of aromatic nitrogens is 4. The maximum absolute atomic E-state index is 13.3. The second-order valence-corrected chi connectivity index (χ2v) is 19.6. The maximum atomic E-state index is 13.3. The number of unbranched alkanes of at least 4 members (excludes halogenated alkanes) is 2. The van der Waals surface area contributed by atoms with E-state index in [-0.39, 0.29) is 24.7 Å². The average molecular weight is 949 g/mol. The number of esters is 1. The zero-order valence-electron chi connectivity index (χ0n) is 42.9. The zero-order valence-corrected chi connectivity index (χ0v) is 42.9. The summed E-state index contributed by atoms with van der Waals surface area (Å²) in [6.07, 6.45) is 7.96. The van der Waals surface area contributed by atoms with E-state index in [0.29, 0.717) is 65.6 Å². The predicted octanol–water partition coefficient (Wildman–Crippen LogP) is 11.2. The van der Waals surface area contributed by atoms with Gasteiger partial charge >= 0.3 is 12.1 Å². The maximum Gasteiger partial charge on any atom is 0.407 e. The molecule has 0 saturated carbocycles. The number of allylic oxidation sites excluding steroid dienone is 4. The minimum absolute atomic E-state index is 0.0360. The second-order valence-electron chi connectivity index (χ2n) is 19.6. The first-order chi connectivity index (χ1) is 32.8. The summed E-state index contributed by atoms with van der Waals surface area (Å²) >= 11 is 0. The molecule has 0 spiro atoms. The van der Waals surface area contributed by atoms with Crippen molar-refractivity contribution < 1.29 is 38.1 Å². The lowest BCUT2D eigenvalue weighted by Crippen LogP contribution is -2.33. The van der Waals surface area contributed by atoms with Crippen molar-refractivity contribution in [1.82, 2.24) is 30.6 Å². The third kappa shape index (κ3) is 16.1. The Hall–Kier alpha value is -5.83. The summed E-state index contributed by atoms with van der Waals surface area (Å²) in [4.78, 5) is 55.7. The molecule has 5 heterocycles. The highest BCUT2D eigenvalue weighted by atomic mass is 16.6. The van der Waals surface area contributed by atoms with Gasteiger partial charge in [0.05, 0.1) is 49.2 Å². The number of rotatable bonds is 24. The highest BCUT2D eigenvalue weighted by Gasteiger charge is 2.24. The van der Waals surface area contributed by atoms with Gasteiger partial charge in [-0.2, -0.15) is 0 Å². The topological polar surface area (TPSA) is 179 Å². The molecule has 2 aliphatic rings. The fourth-order valence-electron chi connectivity index (χ4n) is 8.18. The molecule has 69 heavy (non-hydrogen) atoms. The molecule has 0 aliphatic carbocycles. The second kappa shape index (κ2) is 25.2. The summed E-state index contributed by atoms with van der Waals surface area (Å²) in [5, 5.41) is 5.84. The molecule has 3 aromatic rings. The fourth-order valence-corrected chi connectivity index (χ4v) is 8.18. The summed E-state index contributed by atoms with van der Waals surface area (Å²) in [6, 6.07) is 8.23. The third-order valence-electron chi connectivity index (χ3n) is 11.8. The molecule has 0 fully saturated rings.